The summed E-state index contributed by atoms with van der Waals surface area (Å²) >= 11 is 4.95. The monoisotopic (exact) mass is 374 g/mol. The van der Waals surface area contributed by atoms with Crippen LogP contribution in [-0.4, -0.2) is 17.1 Å². The third-order valence-electron chi connectivity index (χ3n) is 3.65. The lowest BCUT2D eigenvalue weighted by Gasteiger charge is -2.14. The van der Waals surface area contributed by atoms with Crippen LogP contribution in [0.5, 0.6) is 0 Å². The number of aromatic nitrogens is 1. The first-order valence-electron chi connectivity index (χ1n) is 7.56. The van der Waals surface area contributed by atoms with E-state index in [9.17, 15) is 4.79 Å². The van der Waals surface area contributed by atoms with Gasteiger partial charge in [-0.1, -0.05) is 12.1 Å². The summed E-state index contributed by atoms with van der Waals surface area (Å²) in [5.41, 5.74) is 3.06. The van der Waals surface area contributed by atoms with Gasteiger partial charge >= 0.3 is 0 Å². The molecule has 0 spiro atoms. The fourth-order valence-electron chi connectivity index (χ4n) is 2.34. The summed E-state index contributed by atoms with van der Waals surface area (Å²) in [5, 5.41) is 10.1. The minimum atomic E-state index is -0.0108. The van der Waals surface area contributed by atoms with Gasteiger partial charge in [0.05, 0.1) is 18.2 Å². The van der Waals surface area contributed by atoms with Gasteiger partial charge in [-0.25, -0.2) is 4.98 Å². The van der Waals surface area contributed by atoms with E-state index in [1.807, 2.05) is 23.8 Å². The van der Waals surface area contributed by atoms with Crippen molar-refractivity contribution in [1.82, 2.24) is 10.3 Å². The van der Waals surface area contributed by atoms with E-state index in [4.69, 9.17) is 0 Å². The quantitative estimate of drug-likeness (QED) is 0.617. The van der Waals surface area contributed by atoms with Crippen molar-refractivity contribution in [1.29, 1.82) is 0 Å². The van der Waals surface area contributed by atoms with Crippen molar-refractivity contribution in [3.8, 4) is 10.6 Å². The summed E-state index contributed by atoms with van der Waals surface area (Å²) < 4.78 is 0. The summed E-state index contributed by atoms with van der Waals surface area (Å²) in [6.07, 6.45) is 2.37. The number of thiophene rings is 1. The SMILES string of the molecule is CSc1ccc(C(C)NC(=O)Cc2csc(-c3ccsc3)n2)cc1. The molecule has 3 rings (SSSR count). The normalized spacial score (nSPS) is 12.1. The summed E-state index contributed by atoms with van der Waals surface area (Å²) in [5.74, 6) is -0.00129. The second-order valence-electron chi connectivity index (χ2n) is 5.40. The molecule has 0 saturated carbocycles. The predicted molar refractivity (Wildman–Crippen MR) is 104 cm³/mol. The van der Waals surface area contributed by atoms with E-state index in [1.165, 1.54) is 4.90 Å². The molecule has 0 saturated heterocycles. The van der Waals surface area contributed by atoms with Gasteiger partial charge in [0.1, 0.15) is 5.01 Å². The van der Waals surface area contributed by atoms with Crippen molar-refractivity contribution in [2.24, 2.45) is 0 Å². The molecular weight excluding hydrogens is 356 g/mol. The fraction of sp³-hybridized carbons (Fsp3) is 0.222. The highest BCUT2D eigenvalue weighted by Gasteiger charge is 2.13. The van der Waals surface area contributed by atoms with Crippen LogP contribution in [0.15, 0.2) is 51.4 Å². The number of thiazole rings is 1. The van der Waals surface area contributed by atoms with Crippen LogP contribution < -0.4 is 5.32 Å². The average Bonchev–Trinajstić information content (AvgIpc) is 3.26. The molecule has 0 aliphatic rings. The number of rotatable bonds is 6. The standard InChI is InChI=1S/C18H18N2OS3/c1-12(13-3-5-16(22-2)6-4-13)19-17(21)9-15-11-24-18(20-15)14-7-8-23-10-14/h3-8,10-12H,9H2,1-2H3,(H,19,21). The summed E-state index contributed by atoms with van der Waals surface area (Å²) in [6.45, 7) is 2.00. The zero-order chi connectivity index (χ0) is 16.9. The first kappa shape index (κ1) is 17.2. The van der Waals surface area contributed by atoms with Gasteiger partial charge in [-0.15, -0.1) is 23.1 Å². The molecule has 3 aromatic rings. The summed E-state index contributed by atoms with van der Waals surface area (Å²) in [7, 11) is 0. The predicted octanol–water partition coefficient (Wildman–Crippen LogP) is 5.01. The van der Waals surface area contributed by atoms with Crippen molar-refractivity contribution in [2.45, 2.75) is 24.3 Å². The number of amides is 1. The average molecular weight is 375 g/mol. The van der Waals surface area contributed by atoms with Crippen LogP contribution in [-0.2, 0) is 11.2 Å². The van der Waals surface area contributed by atoms with Crippen LogP contribution in [0.3, 0.4) is 0 Å². The van der Waals surface area contributed by atoms with Gasteiger partial charge in [0.25, 0.3) is 0 Å². The third kappa shape index (κ3) is 4.26. The topological polar surface area (TPSA) is 42.0 Å². The van der Waals surface area contributed by atoms with E-state index in [1.54, 1.807) is 34.4 Å². The molecule has 2 aromatic heterocycles. The van der Waals surface area contributed by atoms with E-state index in [0.29, 0.717) is 6.42 Å². The number of hydrogen-bond donors (Lipinski definition) is 1. The molecule has 24 heavy (non-hydrogen) atoms. The second-order valence-corrected chi connectivity index (χ2v) is 7.91. The van der Waals surface area contributed by atoms with E-state index in [2.05, 4.69) is 46.2 Å². The van der Waals surface area contributed by atoms with Crippen LogP contribution in [0.2, 0.25) is 0 Å². The van der Waals surface area contributed by atoms with Crippen molar-refractivity contribution in [3.63, 3.8) is 0 Å². The zero-order valence-electron chi connectivity index (χ0n) is 13.5. The smallest absolute Gasteiger partial charge is 0.226 e. The van der Waals surface area contributed by atoms with E-state index in [0.717, 1.165) is 21.8 Å². The number of benzene rings is 1. The highest BCUT2D eigenvalue weighted by molar-refractivity contribution is 7.98. The first-order chi connectivity index (χ1) is 11.7. The molecule has 0 radical (unpaired) electrons. The lowest BCUT2D eigenvalue weighted by atomic mass is 10.1. The lowest BCUT2D eigenvalue weighted by molar-refractivity contribution is -0.121. The van der Waals surface area contributed by atoms with E-state index < -0.39 is 0 Å². The Balaban J connectivity index is 1.58. The Morgan fingerprint density at radius 3 is 2.71 bits per heavy atom. The number of thioether (sulfide) groups is 1. The molecule has 1 amide bonds. The van der Waals surface area contributed by atoms with Gasteiger partial charge in [-0.3, -0.25) is 4.79 Å². The second kappa shape index (κ2) is 7.96. The molecule has 0 bridgehead atoms. The minimum Gasteiger partial charge on any atom is -0.349 e. The minimum absolute atomic E-state index is 0.00129. The highest BCUT2D eigenvalue weighted by atomic mass is 32.2. The first-order valence-corrected chi connectivity index (χ1v) is 10.6. The lowest BCUT2D eigenvalue weighted by Crippen LogP contribution is -2.28. The van der Waals surface area contributed by atoms with E-state index in [-0.39, 0.29) is 11.9 Å². The Morgan fingerprint density at radius 1 is 1.25 bits per heavy atom. The van der Waals surface area contributed by atoms with Crippen LogP contribution >= 0.6 is 34.4 Å². The molecule has 1 atom stereocenters. The Hall–Kier alpha value is -1.63. The zero-order valence-corrected chi connectivity index (χ0v) is 15.9. The van der Waals surface area contributed by atoms with Gasteiger partial charge in [0.2, 0.25) is 5.91 Å². The van der Waals surface area contributed by atoms with Crippen molar-refractivity contribution < 1.29 is 4.79 Å². The Bertz CT molecular complexity index is 794. The summed E-state index contributed by atoms with van der Waals surface area (Å²) in [4.78, 5) is 18.0. The molecular formula is C18H18N2OS3. The number of nitrogens with zero attached hydrogens (tertiary/aromatic N) is 1. The van der Waals surface area contributed by atoms with Crippen molar-refractivity contribution in [3.05, 3.63) is 57.7 Å². The van der Waals surface area contributed by atoms with E-state index >= 15 is 0 Å². The van der Waals surface area contributed by atoms with Gasteiger partial charge < -0.3 is 5.32 Å². The molecule has 1 N–H and O–H groups in total. The maximum atomic E-state index is 12.3. The highest BCUT2D eigenvalue weighted by Crippen LogP contribution is 2.26. The Labute approximate surface area is 154 Å². The molecule has 124 valence electrons. The number of carbonyl (C=O) groups excluding carboxylic acids is 1. The van der Waals surface area contributed by atoms with Gasteiger partial charge in [0.15, 0.2) is 0 Å². The van der Waals surface area contributed by atoms with Gasteiger partial charge in [-0.2, -0.15) is 11.3 Å². The maximum absolute atomic E-state index is 12.3. The molecule has 1 unspecified atom stereocenters. The van der Waals surface area contributed by atoms with Crippen molar-refractivity contribution >= 4 is 40.3 Å². The molecule has 2 heterocycles. The number of nitrogens with one attached hydrogen (secondary N) is 1. The third-order valence-corrected chi connectivity index (χ3v) is 6.02. The Morgan fingerprint density at radius 2 is 2.04 bits per heavy atom. The molecule has 3 nitrogen and oxygen atoms in total. The number of carbonyl (C=O) groups is 1. The molecule has 0 aliphatic carbocycles. The van der Waals surface area contributed by atoms with Crippen LogP contribution in [0, 0.1) is 0 Å². The van der Waals surface area contributed by atoms with Gasteiger partial charge in [0, 0.05) is 21.2 Å². The fourth-order valence-corrected chi connectivity index (χ4v) is 4.28. The summed E-state index contributed by atoms with van der Waals surface area (Å²) in [6, 6.07) is 10.3. The largest absolute Gasteiger partial charge is 0.349 e. The van der Waals surface area contributed by atoms with Gasteiger partial charge in [-0.05, 0) is 42.3 Å². The van der Waals surface area contributed by atoms with Crippen LogP contribution in [0.4, 0.5) is 0 Å². The maximum Gasteiger partial charge on any atom is 0.226 e. The number of hydrogen-bond acceptors (Lipinski definition) is 5. The molecule has 6 heteroatoms. The molecule has 0 aliphatic heterocycles. The van der Waals surface area contributed by atoms with Crippen molar-refractivity contribution in [2.75, 3.05) is 6.26 Å². The molecule has 0 fully saturated rings. The van der Waals surface area contributed by atoms with Crippen LogP contribution in [0.25, 0.3) is 10.6 Å². The Kier molecular flexibility index (Phi) is 5.71. The molecule has 1 aromatic carbocycles. The van der Waals surface area contributed by atoms with Crippen LogP contribution in [0.1, 0.15) is 24.2 Å².